The molecule has 3 nitrogen and oxygen atoms in total. The molecule has 0 bridgehead atoms. The van der Waals surface area contributed by atoms with E-state index in [1.54, 1.807) is 7.11 Å². The van der Waals surface area contributed by atoms with Gasteiger partial charge in [0, 0.05) is 13.1 Å². The molecule has 19 heavy (non-hydrogen) atoms. The van der Waals surface area contributed by atoms with Crippen LogP contribution < -0.4 is 10.1 Å². The average molecular weight is 263 g/mol. The Kier molecular flexibility index (Phi) is 4.83. The van der Waals surface area contributed by atoms with Gasteiger partial charge in [-0.1, -0.05) is 31.9 Å². The van der Waals surface area contributed by atoms with Gasteiger partial charge < -0.3 is 15.2 Å². The first-order valence-electron chi connectivity index (χ1n) is 7.20. The van der Waals surface area contributed by atoms with Crippen LogP contribution in [0.15, 0.2) is 24.3 Å². The molecule has 0 aliphatic heterocycles. The fourth-order valence-corrected chi connectivity index (χ4v) is 2.78. The number of methoxy groups -OCH3 is 1. The van der Waals surface area contributed by atoms with Crippen LogP contribution >= 0.6 is 0 Å². The Balaban J connectivity index is 1.78. The number of hydrogen-bond donors (Lipinski definition) is 2. The van der Waals surface area contributed by atoms with Crippen molar-refractivity contribution < 1.29 is 9.84 Å². The van der Waals surface area contributed by atoms with Crippen LogP contribution in [0.3, 0.4) is 0 Å². The molecule has 1 atom stereocenters. The molecule has 0 saturated heterocycles. The van der Waals surface area contributed by atoms with Crippen LogP contribution in [0.5, 0.6) is 5.75 Å². The van der Waals surface area contributed by atoms with Gasteiger partial charge in [-0.25, -0.2) is 0 Å². The zero-order valence-corrected chi connectivity index (χ0v) is 12.0. The van der Waals surface area contributed by atoms with E-state index in [0.29, 0.717) is 12.5 Å². The first kappa shape index (κ1) is 14.4. The number of aliphatic hydroxyl groups is 1. The van der Waals surface area contributed by atoms with Crippen molar-refractivity contribution in [1.82, 2.24) is 5.32 Å². The van der Waals surface area contributed by atoms with Crippen LogP contribution in [-0.2, 0) is 0 Å². The van der Waals surface area contributed by atoms with E-state index in [1.165, 1.54) is 5.56 Å². The third kappa shape index (κ3) is 3.95. The minimum absolute atomic E-state index is 0.441. The Hall–Kier alpha value is -1.06. The summed E-state index contributed by atoms with van der Waals surface area (Å²) in [5.41, 5.74) is 0.839. The molecule has 0 amide bonds. The molecular formula is C16H25NO2. The minimum atomic E-state index is -0.459. The van der Waals surface area contributed by atoms with E-state index in [0.717, 1.165) is 38.0 Å². The van der Waals surface area contributed by atoms with Gasteiger partial charge in [0.1, 0.15) is 5.75 Å². The SMILES string of the molecule is COc1ccc(C(C)CNCC2(O)CCCC2)cc1. The maximum atomic E-state index is 10.3. The highest BCUT2D eigenvalue weighted by atomic mass is 16.5. The van der Waals surface area contributed by atoms with E-state index >= 15 is 0 Å². The topological polar surface area (TPSA) is 41.5 Å². The second-order valence-electron chi connectivity index (χ2n) is 5.74. The van der Waals surface area contributed by atoms with E-state index < -0.39 is 5.60 Å². The highest BCUT2D eigenvalue weighted by Gasteiger charge is 2.30. The average Bonchev–Trinajstić information content (AvgIpc) is 2.86. The summed E-state index contributed by atoms with van der Waals surface area (Å²) < 4.78 is 5.16. The fraction of sp³-hybridized carbons (Fsp3) is 0.625. The Bertz CT molecular complexity index is 382. The van der Waals surface area contributed by atoms with Gasteiger partial charge in [0.25, 0.3) is 0 Å². The van der Waals surface area contributed by atoms with Crippen LogP contribution in [-0.4, -0.2) is 30.9 Å². The van der Waals surface area contributed by atoms with Gasteiger partial charge in [-0.15, -0.1) is 0 Å². The van der Waals surface area contributed by atoms with Gasteiger partial charge >= 0.3 is 0 Å². The molecular weight excluding hydrogens is 238 g/mol. The highest BCUT2D eigenvalue weighted by molar-refractivity contribution is 5.29. The van der Waals surface area contributed by atoms with Gasteiger partial charge in [0.15, 0.2) is 0 Å². The summed E-state index contributed by atoms with van der Waals surface area (Å²) in [5, 5.41) is 13.7. The second-order valence-corrected chi connectivity index (χ2v) is 5.74. The van der Waals surface area contributed by atoms with Crippen LogP contribution in [0.1, 0.15) is 44.1 Å². The van der Waals surface area contributed by atoms with Gasteiger partial charge in [-0.3, -0.25) is 0 Å². The van der Waals surface area contributed by atoms with Crippen molar-refractivity contribution in [3.8, 4) is 5.75 Å². The molecule has 1 fully saturated rings. The largest absolute Gasteiger partial charge is 0.497 e. The first-order chi connectivity index (χ1) is 9.13. The quantitative estimate of drug-likeness (QED) is 0.829. The first-order valence-corrected chi connectivity index (χ1v) is 7.20. The van der Waals surface area contributed by atoms with E-state index in [2.05, 4.69) is 24.4 Å². The standard InChI is InChI=1S/C16H25NO2/c1-13(14-5-7-15(19-2)8-6-14)11-17-12-16(18)9-3-4-10-16/h5-8,13,17-18H,3-4,9-12H2,1-2H3. The molecule has 1 aliphatic rings. The molecule has 0 aromatic heterocycles. The number of hydrogen-bond acceptors (Lipinski definition) is 3. The Morgan fingerprint density at radius 2 is 1.89 bits per heavy atom. The molecule has 0 heterocycles. The van der Waals surface area contributed by atoms with Gasteiger partial charge in [-0.05, 0) is 36.5 Å². The van der Waals surface area contributed by atoms with Gasteiger partial charge in [-0.2, -0.15) is 0 Å². The summed E-state index contributed by atoms with van der Waals surface area (Å²) in [6.07, 6.45) is 4.20. The molecule has 1 aromatic rings. The van der Waals surface area contributed by atoms with Crippen LogP contribution in [0, 0.1) is 0 Å². The molecule has 1 saturated carbocycles. The zero-order chi connectivity index (χ0) is 13.7. The predicted molar refractivity (Wildman–Crippen MR) is 77.7 cm³/mol. The lowest BCUT2D eigenvalue weighted by molar-refractivity contribution is 0.0477. The fourth-order valence-electron chi connectivity index (χ4n) is 2.78. The lowest BCUT2D eigenvalue weighted by atomic mass is 9.99. The van der Waals surface area contributed by atoms with Crippen LogP contribution in [0.4, 0.5) is 0 Å². The predicted octanol–water partition coefficient (Wildman–Crippen LogP) is 2.69. The van der Waals surface area contributed by atoms with Crippen molar-refractivity contribution in [2.75, 3.05) is 20.2 Å². The van der Waals surface area contributed by atoms with E-state index in [4.69, 9.17) is 4.74 Å². The molecule has 2 rings (SSSR count). The van der Waals surface area contributed by atoms with Crippen molar-refractivity contribution in [2.45, 2.75) is 44.1 Å². The summed E-state index contributed by atoms with van der Waals surface area (Å²) in [6.45, 7) is 3.82. The molecule has 1 aromatic carbocycles. The molecule has 1 aliphatic carbocycles. The van der Waals surface area contributed by atoms with Gasteiger partial charge in [0.05, 0.1) is 12.7 Å². The molecule has 0 spiro atoms. The highest BCUT2D eigenvalue weighted by Crippen LogP contribution is 2.28. The van der Waals surface area contributed by atoms with E-state index in [1.807, 2.05) is 12.1 Å². The summed E-state index contributed by atoms with van der Waals surface area (Å²) in [6, 6.07) is 8.21. The lowest BCUT2D eigenvalue weighted by Gasteiger charge is -2.23. The molecule has 106 valence electrons. The lowest BCUT2D eigenvalue weighted by Crippen LogP contribution is -2.39. The number of nitrogens with one attached hydrogen (secondary N) is 1. The number of ether oxygens (including phenoxy) is 1. The Morgan fingerprint density at radius 1 is 1.26 bits per heavy atom. The second kappa shape index (κ2) is 6.40. The van der Waals surface area contributed by atoms with E-state index in [-0.39, 0.29) is 0 Å². The third-order valence-corrected chi connectivity index (χ3v) is 4.12. The molecule has 1 unspecified atom stereocenters. The van der Waals surface area contributed by atoms with Gasteiger partial charge in [0.2, 0.25) is 0 Å². The van der Waals surface area contributed by atoms with E-state index in [9.17, 15) is 5.11 Å². The number of rotatable bonds is 6. The molecule has 0 radical (unpaired) electrons. The smallest absolute Gasteiger partial charge is 0.118 e. The Morgan fingerprint density at radius 3 is 2.47 bits per heavy atom. The Labute approximate surface area is 116 Å². The maximum Gasteiger partial charge on any atom is 0.118 e. The third-order valence-electron chi connectivity index (χ3n) is 4.12. The van der Waals surface area contributed by atoms with Crippen molar-refractivity contribution in [1.29, 1.82) is 0 Å². The molecule has 2 N–H and O–H groups in total. The van der Waals surface area contributed by atoms with Crippen LogP contribution in [0.2, 0.25) is 0 Å². The summed E-state index contributed by atoms with van der Waals surface area (Å²) >= 11 is 0. The maximum absolute atomic E-state index is 10.3. The van der Waals surface area contributed by atoms with Crippen LogP contribution in [0.25, 0.3) is 0 Å². The van der Waals surface area contributed by atoms with Crippen molar-refractivity contribution in [3.63, 3.8) is 0 Å². The normalized spacial score (nSPS) is 19.3. The van der Waals surface area contributed by atoms with Crippen molar-refractivity contribution in [2.24, 2.45) is 0 Å². The molecule has 3 heteroatoms. The monoisotopic (exact) mass is 263 g/mol. The van der Waals surface area contributed by atoms with Crippen molar-refractivity contribution >= 4 is 0 Å². The summed E-state index contributed by atoms with van der Waals surface area (Å²) in [5.74, 6) is 1.33. The summed E-state index contributed by atoms with van der Waals surface area (Å²) in [4.78, 5) is 0. The zero-order valence-electron chi connectivity index (χ0n) is 12.0. The minimum Gasteiger partial charge on any atom is -0.497 e. The van der Waals surface area contributed by atoms with Crippen molar-refractivity contribution in [3.05, 3.63) is 29.8 Å². The number of benzene rings is 1. The summed E-state index contributed by atoms with van der Waals surface area (Å²) in [7, 11) is 1.68.